The summed E-state index contributed by atoms with van der Waals surface area (Å²) in [4.78, 5) is 11.8. The van der Waals surface area contributed by atoms with E-state index in [0.717, 1.165) is 17.7 Å². The first kappa shape index (κ1) is 25.4. The molecule has 11 heteroatoms. The van der Waals surface area contributed by atoms with Crippen molar-refractivity contribution in [1.29, 1.82) is 0 Å². The van der Waals surface area contributed by atoms with Gasteiger partial charge >= 0.3 is 20.1 Å². The first-order valence-electron chi connectivity index (χ1n) is 9.08. The van der Waals surface area contributed by atoms with Crippen molar-refractivity contribution in [3.63, 3.8) is 0 Å². The number of nitrogens with zero attached hydrogens (tertiary/aromatic N) is 6. The molecule has 0 bridgehead atoms. The van der Waals surface area contributed by atoms with Gasteiger partial charge in [-0.3, -0.25) is 13.8 Å². The van der Waals surface area contributed by atoms with E-state index in [4.69, 9.17) is 0 Å². The minimum Gasteiger partial charge on any atom is -0.493 e. The predicted molar refractivity (Wildman–Crippen MR) is 106 cm³/mol. The largest absolute Gasteiger partial charge is 3.00 e. The number of hydrogen-bond donors (Lipinski definition) is 0. The second-order valence-corrected chi connectivity index (χ2v) is 6.74. The number of anilines is 1. The average Bonchev–Trinajstić information content (AvgIpc) is 3.14. The fourth-order valence-corrected chi connectivity index (χ4v) is 2.51. The summed E-state index contributed by atoms with van der Waals surface area (Å²) in [5, 5.41) is 5.05. The van der Waals surface area contributed by atoms with E-state index in [1.165, 1.54) is 18.0 Å². The Labute approximate surface area is 196 Å². The molecular weight excluding hydrogens is 604 g/mol. The molecule has 1 aliphatic heterocycles. The van der Waals surface area contributed by atoms with Crippen LogP contribution in [0.2, 0.25) is 0 Å². The van der Waals surface area contributed by atoms with Gasteiger partial charge in [0.05, 0.1) is 12.3 Å². The summed E-state index contributed by atoms with van der Waals surface area (Å²) >= 11 is 0. The number of aromatic nitrogens is 3. The van der Waals surface area contributed by atoms with E-state index in [1.807, 2.05) is 19.9 Å². The molecule has 0 atom stereocenters. The molecule has 0 saturated carbocycles. The summed E-state index contributed by atoms with van der Waals surface area (Å²) in [6.45, 7) is 5.58. The van der Waals surface area contributed by atoms with Crippen molar-refractivity contribution < 1.29 is 37.7 Å². The molecule has 0 radical (unpaired) electrons. The number of hydrazone groups is 1. The van der Waals surface area contributed by atoms with Gasteiger partial charge < -0.3 is 19.9 Å². The SMILES string of the molecule is CC(C)c1ccnc(-c2[c-]cc(F)nc2F)c1.CN1C=NN(c2[c-]cc(F)nc2F)[CH-]1.[Ir+3]. The minimum atomic E-state index is -0.936. The van der Waals surface area contributed by atoms with Gasteiger partial charge in [0.2, 0.25) is 0 Å². The molecular formula is C21H17F4IrN6. The second kappa shape index (κ2) is 11.1. The molecule has 3 aromatic rings. The van der Waals surface area contributed by atoms with Crippen LogP contribution in [0.4, 0.5) is 23.2 Å². The Bertz CT molecular complexity index is 1100. The van der Waals surface area contributed by atoms with E-state index in [1.54, 1.807) is 24.2 Å². The first-order valence-corrected chi connectivity index (χ1v) is 9.08. The molecule has 0 N–H and O–H groups in total. The molecule has 0 fully saturated rings. The third-order valence-corrected chi connectivity index (χ3v) is 4.06. The molecule has 3 aromatic heterocycles. The van der Waals surface area contributed by atoms with E-state index < -0.39 is 23.8 Å². The van der Waals surface area contributed by atoms with Gasteiger partial charge in [-0.05, 0) is 30.4 Å². The van der Waals surface area contributed by atoms with Gasteiger partial charge in [-0.2, -0.15) is 11.2 Å². The van der Waals surface area contributed by atoms with Crippen molar-refractivity contribution in [3.8, 4) is 11.3 Å². The van der Waals surface area contributed by atoms with Crippen LogP contribution in [0.5, 0.6) is 0 Å². The topological polar surface area (TPSA) is 57.5 Å². The van der Waals surface area contributed by atoms with Crippen molar-refractivity contribution in [2.75, 3.05) is 12.1 Å². The molecule has 4 rings (SSSR count). The Hall–Kier alpha value is -2.91. The quantitative estimate of drug-likeness (QED) is 0.248. The Morgan fingerprint density at radius 2 is 1.66 bits per heavy atom. The summed E-state index contributed by atoms with van der Waals surface area (Å²) in [6.07, 6.45) is 3.08. The van der Waals surface area contributed by atoms with Gasteiger partial charge in [0.25, 0.3) is 0 Å². The molecule has 0 spiro atoms. The van der Waals surface area contributed by atoms with Crippen LogP contribution >= 0.6 is 0 Å². The fourth-order valence-electron chi connectivity index (χ4n) is 2.51. The molecule has 6 nitrogen and oxygen atoms in total. The average molecular weight is 622 g/mol. The number of rotatable bonds is 3. The van der Waals surface area contributed by atoms with E-state index in [9.17, 15) is 17.6 Å². The maximum absolute atomic E-state index is 13.4. The normalized spacial score (nSPS) is 12.5. The van der Waals surface area contributed by atoms with Gasteiger partial charge in [0.15, 0.2) is 0 Å². The standard InChI is InChI=1S/C13H11F2N2.C8H6F2N4.Ir/c1-8(2)9-5-6-16-11(7-9)10-3-4-12(14)17-13(10)15;1-13-4-11-14(5-13)6-2-3-7(9)12-8(6)10;/h4-8H,1-2H3;3-5H,1H3;/q-1;-2;+3. The van der Waals surface area contributed by atoms with Crippen molar-refractivity contribution in [3.05, 3.63) is 78.6 Å². The van der Waals surface area contributed by atoms with Crippen LogP contribution < -0.4 is 5.01 Å². The summed E-state index contributed by atoms with van der Waals surface area (Å²) in [7, 11) is 1.73. The zero-order valence-electron chi connectivity index (χ0n) is 17.1. The Morgan fingerprint density at radius 1 is 1.00 bits per heavy atom. The fraction of sp³-hybridized carbons (Fsp3) is 0.190. The Kier molecular flexibility index (Phi) is 8.80. The molecule has 0 saturated heterocycles. The molecule has 0 aromatic carbocycles. The van der Waals surface area contributed by atoms with E-state index in [-0.39, 0.29) is 31.4 Å². The van der Waals surface area contributed by atoms with Crippen molar-refractivity contribution >= 4 is 12.0 Å². The third kappa shape index (κ3) is 6.30. The third-order valence-electron chi connectivity index (χ3n) is 4.06. The first-order chi connectivity index (χ1) is 14.7. The number of hydrogen-bond acceptors (Lipinski definition) is 6. The van der Waals surface area contributed by atoms with Crippen molar-refractivity contribution in [2.45, 2.75) is 19.8 Å². The van der Waals surface area contributed by atoms with Crippen molar-refractivity contribution in [1.82, 2.24) is 19.9 Å². The predicted octanol–water partition coefficient (Wildman–Crippen LogP) is 4.32. The van der Waals surface area contributed by atoms with E-state index in [0.29, 0.717) is 11.6 Å². The molecule has 4 heterocycles. The van der Waals surface area contributed by atoms with Crippen LogP contribution in [0.3, 0.4) is 0 Å². The zero-order valence-corrected chi connectivity index (χ0v) is 19.5. The van der Waals surface area contributed by atoms with Crippen LogP contribution in [-0.4, -0.2) is 33.2 Å². The van der Waals surface area contributed by atoms with Gasteiger partial charge in [-0.25, -0.2) is 8.78 Å². The molecule has 1 aliphatic rings. The summed E-state index contributed by atoms with van der Waals surface area (Å²) < 4.78 is 51.7. The summed E-state index contributed by atoms with van der Waals surface area (Å²) in [5.74, 6) is -3.30. The Balaban J connectivity index is 0.000000224. The van der Waals surface area contributed by atoms with E-state index in [2.05, 4.69) is 32.2 Å². The van der Waals surface area contributed by atoms with Crippen LogP contribution in [0.15, 0.2) is 35.6 Å². The van der Waals surface area contributed by atoms with Crippen LogP contribution in [0.25, 0.3) is 11.3 Å². The molecule has 168 valence electrons. The maximum Gasteiger partial charge on any atom is 3.00 e. The smallest absolute Gasteiger partial charge is 0.493 e. The summed E-state index contributed by atoms with van der Waals surface area (Å²) in [5.41, 5.74) is 1.54. The number of pyridine rings is 3. The Morgan fingerprint density at radius 3 is 2.22 bits per heavy atom. The maximum atomic E-state index is 13.4. The van der Waals surface area contributed by atoms with Crippen molar-refractivity contribution in [2.24, 2.45) is 5.10 Å². The van der Waals surface area contributed by atoms with Gasteiger partial charge in [0.1, 0.15) is 17.8 Å². The molecule has 0 amide bonds. The van der Waals surface area contributed by atoms with Crippen LogP contribution in [-0.2, 0) is 20.1 Å². The second-order valence-electron chi connectivity index (χ2n) is 6.74. The van der Waals surface area contributed by atoms with Gasteiger partial charge in [0, 0.05) is 6.20 Å². The molecule has 32 heavy (non-hydrogen) atoms. The van der Waals surface area contributed by atoms with Gasteiger partial charge in [-0.15, -0.1) is 18.8 Å². The van der Waals surface area contributed by atoms with Crippen LogP contribution in [0.1, 0.15) is 25.3 Å². The van der Waals surface area contributed by atoms with Crippen LogP contribution in [0, 0.1) is 42.6 Å². The van der Waals surface area contributed by atoms with E-state index >= 15 is 0 Å². The number of halogens is 4. The molecule has 0 aliphatic carbocycles. The van der Waals surface area contributed by atoms with Gasteiger partial charge in [-0.1, -0.05) is 37.1 Å². The zero-order chi connectivity index (χ0) is 22.5. The monoisotopic (exact) mass is 622 g/mol. The molecule has 0 unspecified atom stereocenters. The minimum absolute atomic E-state index is 0. The summed E-state index contributed by atoms with van der Waals surface area (Å²) in [6, 6.07) is 10.5.